The molecule has 1 aromatic heterocycles. The number of fused-ring (bicyclic) bond motifs is 4. The van der Waals surface area contributed by atoms with Gasteiger partial charge in [0.05, 0.1) is 22.7 Å². The maximum Gasteiger partial charge on any atom is 0.309 e. The third kappa shape index (κ3) is 3.33. The van der Waals surface area contributed by atoms with E-state index in [-0.39, 0.29) is 27.9 Å². The molecule has 1 aromatic carbocycles. The molecule has 2 aromatic rings. The number of nitriles is 1. The molecule has 0 fully saturated rings. The van der Waals surface area contributed by atoms with Crippen molar-refractivity contribution in [1.82, 2.24) is 4.57 Å². The van der Waals surface area contributed by atoms with Gasteiger partial charge in [-0.1, -0.05) is 26.0 Å². The number of carbonyl (C=O) groups is 4. The lowest BCUT2D eigenvalue weighted by atomic mass is 9.75. The van der Waals surface area contributed by atoms with Gasteiger partial charge in [0.15, 0.2) is 24.2 Å². The normalized spacial score (nSPS) is 24.8. The number of benzene rings is 1. The average Bonchev–Trinajstić information content (AvgIpc) is 3.13. The second-order valence-electron chi connectivity index (χ2n) is 8.99. The number of nitrogens with zero attached hydrogens (tertiary/aromatic N) is 2. The predicted octanol–water partition coefficient (Wildman–Crippen LogP) is 1.27. The van der Waals surface area contributed by atoms with Gasteiger partial charge in [-0.25, -0.2) is 4.57 Å². The third-order valence-corrected chi connectivity index (χ3v) is 6.24. The van der Waals surface area contributed by atoms with Gasteiger partial charge in [-0.2, -0.15) is 5.26 Å². The Morgan fingerprint density at radius 3 is 2.40 bits per heavy atom. The minimum Gasteiger partial charge on any atom is -0.507 e. The number of aliphatic hydroxyl groups is 2. The molecule has 1 heterocycles. The van der Waals surface area contributed by atoms with Crippen LogP contribution in [-0.4, -0.2) is 55.1 Å². The lowest BCUT2D eigenvalue weighted by molar-refractivity contribution is -0.217. The number of rotatable bonds is 3. The summed E-state index contributed by atoms with van der Waals surface area (Å²) >= 11 is 0. The molecule has 35 heavy (non-hydrogen) atoms. The lowest BCUT2D eigenvalue weighted by Gasteiger charge is -2.44. The lowest BCUT2D eigenvalue weighted by Crippen LogP contribution is -2.55. The van der Waals surface area contributed by atoms with E-state index in [1.165, 1.54) is 32.0 Å². The van der Waals surface area contributed by atoms with Crippen LogP contribution in [-0.2, 0) is 19.1 Å². The van der Waals surface area contributed by atoms with Crippen LogP contribution in [0.1, 0.15) is 83.1 Å². The number of carbonyl (C=O) groups excluding carboxylic acids is 4. The number of aliphatic hydroxyl groups excluding tert-OH is 1. The van der Waals surface area contributed by atoms with Crippen LogP contribution >= 0.6 is 0 Å². The van der Waals surface area contributed by atoms with E-state index in [0.29, 0.717) is 4.57 Å². The van der Waals surface area contributed by atoms with E-state index >= 15 is 0 Å². The molecule has 11 heteroatoms. The average molecular weight is 482 g/mol. The van der Waals surface area contributed by atoms with Crippen molar-refractivity contribution in [3.8, 4) is 11.9 Å². The monoisotopic (exact) mass is 482 g/mol. The second-order valence-corrected chi connectivity index (χ2v) is 8.99. The van der Waals surface area contributed by atoms with Crippen molar-refractivity contribution < 1.29 is 44.0 Å². The van der Waals surface area contributed by atoms with Crippen LogP contribution in [0.2, 0.25) is 0 Å². The van der Waals surface area contributed by atoms with E-state index in [4.69, 9.17) is 9.47 Å². The number of ether oxygens (including phenoxy) is 2. The standard InChI is InChI=1S/C24H22N2O9/c1-9(2)23(32)35-21-17-15(20(31)22(24(21,4)33)34-10(3)27)14-16(26(17)8-25)19(30)13-11(18(14)29)6-5-7-12(13)28/h5-7,9,20-22,28,31,33H,1-4H3. The molecule has 2 aliphatic rings. The van der Waals surface area contributed by atoms with E-state index in [9.17, 15) is 39.8 Å². The van der Waals surface area contributed by atoms with Crippen LogP contribution in [0.5, 0.6) is 5.75 Å². The Morgan fingerprint density at radius 2 is 1.83 bits per heavy atom. The minimum atomic E-state index is -2.26. The number of esters is 2. The SMILES string of the molecule is CC(=O)OC1C(O)c2c3c(n(C#N)c2C(OC(=O)C(C)C)C1(C)O)C(=O)c1c(O)cccc1C3=O. The maximum absolute atomic E-state index is 13.5. The van der Waals surface area contributed by atoms with Crippen molar-refractivity contribution in [2.24, 2.45) is 5.92 Å². The smallest absolute Gasteiger partial charge is 0.309 e. The largest absolute Gasteiger partial charge is 0.507 e. The summed E-state index contributed by atoms with van der Waals surface area (Å²) in [7, 11) is 0. The molecule has 4 rings (SSSR count). The predicted molar refractivity (Wildman–Crippen MR) is 115 cm³/mol. The van der Waals surface area contributed by atoms with Crippen molar-refractivity contribution in [1.29, 1.82) is 5.26 Å². The first kappa shape index (κ1) is 24.1. The highest BCUT2D eigenvalue weighted by atomic mass is 16.6. The summed E-state index contributed by atoms with van der Waals surface area (Å²) in [6.07, 6.45) is -3.54. The fraction of sp³-hybridized carbons (Fsp3) is 0.375. The molecule has 3 N–H and O–H groups in total. The highest BCUT2D eigenvalue weighted by Gasteiger charge is 2.59. The number of aromatic nitrogens is 1. The highest BCUT2D eigenvalue weighted by molar-refractivity contribution is 6.29. The van der Waals surface area contributed by atoms with Gasteiger partial charge in [0, 0.05) is 18.1 Å². The molecule has 0 aliphatic heterocycles. The van der Waals surface area contributed by atoms with Gasteiger partial charge in [-0.3, -0.25) is 19.2 Å². The minimum absolute atomic E-state index is 0.162. The second kappa shape index (κ2) is 8.04. The quantitative estimate of drug-likeness (QED) is 0.461. The summed E-state index contributed by atoms with van der Waals surface area (Å²) < 4.78 is 11.4. The fourth-order valence-electron chi connectivity index (χ4n) is 4.62. The molecule has 182 valence electrons. The Hall–Kier alpha value is -4.01. The number of phenols is 1. The first-order valence-corrected chi connectivity index (χ1v) is 10.7. The Bertz CT molecular complexity index is 1350. The Kier molecular flexibility index (Phi) is 5.54. The number of hydrogen-bond donors (Lipinski definition) is 3. The summed E-state index contributed by atoms with van der Waals surface area (Å²) in [6, 6.07) is 3.87. The van der Waals surface area contributed by atoms with Crippen molar-refractivity contribution in [2.75, 3.05) is 0 Å². The van der Waals surface area contributed by atoms with Gasteiger partial charge in [0.1, 0.15) is 23.1 Å². The van der Waals surface area contributed by atoms with Crippen LogP contribution in [0, 0.1) is 17.4 Å². The van der Waals surface area contributed by atoms with Crippen molar-refractivity contribution in [3.63, 3.8) is 0 Å². The molecule has 2 aliphatic carbocycles. The van der Waals surface area contributed by atoms with E-state index in [2.05, 4.69) is 0 Å². The fourth-order valence-corrected chi connectivity index (χ4v) is 4.62. The van der Waals surface area contributed by atoms with Crippen molar-refractivity contribution >= 4 is 23.5 Å². The van der Waals surface area contributed by atoms with E-state index in [1.54, 1.807) is 6.19 Å². The van der Waals surface area contributed by atoms with Gasteiger partial charge >= 0.3 is 11.9 Å². The highest BCUT2D eigenvalue weighted by Crippen LogP contribution is 2.51. The van der Waals surface area contributed by atoms with Gasteiger partial charge in [-0.15, -0.1) is 0 Å². The van der Waals surface area contributed by atoms with Crippen LogP contribution in [0.4, 0.5) is 0 Å². The zero-order valence-electron chi connectivity index (χ0n) is 19.2. The van der Waals surface area contributed by atoms with Crippen LogP contribution in [0.15, 0.2) is 18.2 Å². The Labute approximate surface area is 199 Å². The van der Waals surface area contributed by atoms with Gasteiger partial charge in [0.2, 0.25) is 5.78 Å². The summed E-state index contributed by atoms with van der Waals surface area (Å²) in [6.45, 7) is 5.24. The van der Waals surface area contributed by atoms with Gasteiger partial charge in [-0.05, 0) is 13.0 Å². The van der Waals surface area contributed by atoms with Crippen LogP contribution in [0.3, 0.4) is 0 Å². The summed E-state index contributed by atoms with van der Waals surface area (Å²) in [4.78, 5) is 51.3. The molecule has 0 radical (unpaired) electrons. The summed E-state index contributed by atoms with van der Waals surface area (Å²) in [5, 5.41) is 42.8. The van der Waals surface area contributed by atoms with E-state index < -0.39 is 64.8 Å². The van der Waals surface area contributed by atoms with Crippen molar-refractivity contribution in [3.05, 3.63) is 51.8 Å². The van der Waals surface area contributed by atoms with Crippen LogP contribution in [0.25, 0.3) is 0 Å². The number of ketones is 2. The number of phenolic OH excluding ortho intramolecular Hbond substituents is 1. The van der Waals surface area contributed by atoms with Crippen molar-refractivity contribution in [2.45, 2.75) is 51.6 Å². The number of hydrogen-bond acceptors (Lipinski definition) is 10. The molecule has 4 atom stereocenters. The first-order chi connectivity index (χ1) is 16.3. The molecule has 0 amide bonds. The molecular weight excluding hydrogens is 460 g/mol. The molecular formula is C24H22N2O9. The summed E-state index contributed by atoms with van der Waals surface area (Å²) in [5.74, 6) is -4.49. The summed E-state index contributed by atoms with van der Waals surface area (Å²) in [5.41, 5.74) is -4.18. The molecule has 4 unspecified atom stereocenters. The number of aromatic hydroxyl groups is 1. The third-order valence-electron chi connectivity index (χ3n) is 6.24. The zero-order valence-corrected chi connectivity index (χ0v) is 19.2. The molecule has 0 spiro atoms. The molecule has 0 saturated heterocycles. The van der Waals surface area contributed by atoms with E-state index in [1.807, 2.05) is 0 Å². The topological polar surface area (TPSA) is 176 Å². The molecule has 0 saturated carbocycles. The Morgan fingerprint density at radius 1 is 1.17 bits per heavy atom. The first-order valence-electron chi connectivity index (χ1n) is 10.7. The maximum atomic E-state index is 13.5. The van der Waals surface area contributed by atoms with Crippen LogP contribution < -0.4 is 0 Å². The van der Waals surface area contributed by atoms with Gasteiger partial charge < -0.3 is 24.8 Å². The molecule has 0 bridgehead atoms. The molecule has 11 nitrogen and oxygen atoms in total. The zero-order chi connectivity index (χ0) is 26.0. The Balaban J connectivity index is 2.08. The van der Waals surface area contributed by atoms with E-state index in [0.717, 1.165) is 13.8 Å². The van der Waals surface area contributed by atoms with Gasteiger partial charge in [0.25, 0.3) is 0 Å².